The molecule has 0 aliphatic heterocycles. The molecule has 0 spiro atoms. The van der Waals surface area contributed by atoms with E-state index in [4.69, 9.17) is 4.74 Å². The van der Waals surface area contributed by atoms with Crippen LogP contribution in [0.2, 0.25) is 0 Å². The lowest BCUT2D eigenvalue weighted by Gasteiger charge is -2.05. The second-order valence-electron chi connectivity index (χ2n) is 3.91. The van der Waals surface area contributed by atoms with Crippen molar-refractivity contribution in [2.45, 2.75) is 0 Å². The van der Waals surface area contributed by atoms with Crippen LogP contribution in [0.15, 0.2) is 42.0 Å². The fourth-order valence-corrected chi connectivity index (χ4v) is 2.61. The molecule has 94 valence electrons. The van der Waals surface area contributed by atoms with Crippen LogP contribution in [0.5, 0.6) is 5.75 Å². The van der Waals surface area contributed by atoms with Crippen LogP contribution in [-0.2, 0) is 0 Å². The number of methoxy groups -OCH3 is 1. The molecule has 0 atom stereocenters. The molecule has 0 unspecified atom stereocenters. The van der Waals surface area contributed by atoms with Gasteiger partial charge in [0.05, 0.1) is 17.3 Å². The van der Waals surface area contributed by atoms with Gasteiger partial charge in [-0.1, -0.05) is 0 Å². The predicted octanol–water partition coefficient (Wildman–Crippen LogP) is 2.93. The molecule has 0 radical (unpaired) electrons. The highest BCUT2D eigenvalue weighted by Crippen LogP contribution is 2.23. The standard InChI is InChI=1S/C14H10N2O2S/c1-18-11-3-2-5-15-13(11)14(17)9-7-12-10(16-8-9)4-6-19-12/h2-8H,1H3. The molecule has 0 aromatic carbocycles. The first-order chi connectivity index (χ1) is 9.29. The Hall–Kier alpha value is -2.27. The smallest absolute Gasteiger partial charge is 0.216 e. The second kappa shape index (κ2) is 4.78. The van der Waals surface area contributed by atoms with Gasteiger partial charge in [0.1, 0.15) is 5.75 Å². The molecule has 5 heteroatoms. The van der Waals surface area contributed by atoms with E-state index in [1.165, 1.54) is 7.11 Å². The predicted molar refractivity (Wildman–Crippen MR) is 73.8 cm³/mol. The molecule has 4 nitrogen and oxygen atoms in total. The van der Waals surface area contributed by atoms with Crippen LogP contribution in [0.3, 0.4) is 0 Å². The fourth-order valence-electron chi connectivity index (χ4n) is 1.83. The highest BCUT2D eigenvalue weighted by Gasteiger charge is 2.16. The maximum atomic E-state index is 12.4. The van der Waals surface area contributed by atoms with E-state index in [0.29, 0.717) is 17.0 Å². The molecular weight excluding hydrogens is 260 g/mol. The number of carbonyl (C=O) groups is 1. The van der Waals surface area contributed by atoms with Crippen LogP contribution < -0.4 is 4.74 Å². The molecule has 0 fully saturated rings. The number of hydrogen-bond acceptors (Lipinski definition) is 5. The van der Waals surface area contributed by atoms with Crippen molar-refractivity contribution in [3.8, 4) is 5.75 Å². The summed E-state index contributed by atoms with van der Waals surface area (Å²) in [5.41, 5.74) is 1.73. The summed E-state index contributed by atoms with van der Waals surface area (Å²) < 4.78 is 6.15. The molecule has 0 saturated carbocycles. The van der Waals surface area contributed by atoms with Crippen molar-refractivity contribution in [2.24, 2.45) is 0 Å². The Balaban J connectivity index is 2.07. The summed E-state index contributed by atoms with van der Waals surface area (Å²) in [5.74, 6) is 0.291. The topological polar surface area (TPSA) is 52.1 Å². The molecule has 0 bridgehead atoms. The van der Waals surface area contributed by atoms with Crippen LogP contribution in [0, 0.1) is 0 Å². The molecule has 3 rings (SSSR count). The average Bonchev–Trinajstić information content (AvgIpc) is 2.93. The maximum absolute atomic E-state index is 12.4. The number of ketones is 1. The molecule has 0 aliphatic carbocycles. The molecular formula is C14H10N2O2S. The van der Waals surface area contributed by atoms with E-state index in [0.717, 1.165) is 10.2 Å². The van der Waals surface area contributed by atoms with Crippen LogP contribution in [0.25, 0.3) is 10.2 Å². The minimum Gasteiger partial charge on any atom is -0.494 e. The third kappa shape index (κ3) is 2.08. The second-order valence-corrected chi connectivity index (χ2v) is 4.86. The summed E-state index contributed by atoms with van der Waals surface area (Å²) in [4.78, 5) is 20.8. The monoisotopic (exact) mass is 270 g/mol. The Kier molecular flexibility index (Phi) is 2.97. The first-order valence-corrected chi connectivity index (χ1v) is 6.54. The fraction of sp³-hybridized carbons (Fsp3) is 0.0714. The normalized spacial score (nSPS) is 10.6. The minimum atomic E-state index is -0.180. The molecule has 19 heavy (non-hydrogen) atoms. The number of hydrogen-bond donors (Lipinski definition) is 0. The van der Waals surface area contributed by atoms with E-state index >= 15 is 0 Å². The summed E-state index contributed by atoms with van der Waals surface area (Å²) >= 11 is 1.56. The van der Waals surface area contributed by atoms with Gasteiger partial charge >= 0.3 is 0 Å². The highest BCUT2D eigenvalue weighted by molar-refractivity contribution is 7.17. The van der Waals surface area contributed by atoms with Crippen LogP contribution in [0.1, 0.15) is 16.1 Å². The zero-order valence-electron chi connectivity index (χ0n) is 10.2. The van der Waals surface area contributed by atoms with Crippen LogP contribution >= 0.6 is 11.3 Å². The molecule has 0 saturated heterocycles. The number of rotatable bonds is 3. The number of aromatic nitrogens is 2. The summed E-state index contributed by atoms with van der Waals surface area (Å²) in [6.07, 6.45) is 3.15. The zero-order valence-corrected chi connectivity index (χ0v) is 11.0. The van der Waals surface area contributed by atoms with Gasteiger partial charge in [-0.25, -0.2) is 4.98 Å². The molecule has 3 heterocycles. The van der Waals surface area contributed by atoms with E-state index in [1.807, 2.05) is 17.5 Å². The third-order valence-electron chi connectivity index (χ3n) is 2.77. The zero-order chi connectivity index (χ0) is 13.2. The van der Waals surface area contributed by atoms with Gasteiger partial charge in [-0.2, -0.15) is 0 Å². The van der Waals surface area contributed by atoms with Gasteiger partial charge in [-0.05, 0) is 29.6 Å². The van der Waals surface area contributed by atoms with E-state index < -0.39 is 0 Å². The van der Waals surface area contributed by atoms with Crippen molar-refractivity contribution < 1.29 is 9.53 Å². The van der Waals surface area contributed by atoms with Crippen LogP contribution in [-0.4, -0.2) is 22.9 Å². The Labute approximate surface area is 113 Å². The average molecular weight is 270 g/mol. The van der Waals surface area contributed by atoms with Gasteiger partial charge in [0.15, 0.2) is 5.69 Å². The van der Waals surface area contributed by atoms with E-state index in [1.54, 1.807) is 35.9 Å². The number of fused-ring (bicyclic) bond motifs is 1. The van der Waals surface area contributed by atoms with Crippen molar-refractivity contribution in [1.82, 2.24) is 9.97 Å². The van der Waals surface area contributed by atoms with Gasteiger partial charge in [-0.15, -0.1) is 11.3 Å². The van der Waals surface area contributed by atoms with Crippen molar-refractivity contribution in [3.63, 3.8) is 0 Å². The third-order valence-corrected chi connectivity index (χ3v) is 3.62. The number of ether oxygens (including phenoxy) is 1. The van der Waals surface area contributed by atoms with Gasteiger partial charge in [0.2, 0.25) is 5.78 Å². The van der Waals surface area contributed by atoms with Gasteiger partial charge in [0, 0.05) is 18.0 Å². The van der Waals surface area contributed by atoms with Gasteiger partial charge < -0.3 is 4.74 Å². The van der Waals surface area contributed by atoms with Crippen LogP contribution in [0.4, 0.5) is 0 Å². The molecule has 3 aromatic heterocycles. The Morgan fingerprint density at radius 3 is 3.05 bits per heavy atom. The van der Waals surface area contributed by atoms with Crippen molar-refractivity contribution in [3.05, 3.63) is 53.3 Å². The summed E-state index contributed by atoms with van der Waals surface area (Å²) in [6, 6.07) is 7.22. The lowest BCUT2D eigenvalue weighted by molar-refractivity contribution is 0.103. The van der Waals surface area contributed by atoms with E-state index in [9.17, 15) is 4.79 Å². The van der Waals surface area contributed by atoms with Crippen molar-refractivity contribution in [2.75, 3.05) is 7.11 Å². The summed E-state index contributed by atoms with van der Waals surface area (Å²) in [6.45, 7) is 0. The SMILES string of the molecule is COc1cccnc1C(=O)c1cnc2ccsc2c1. The summed E-state index contributed by atoms with van der Waals surface area (Å²) in [5, 5.41) is 1.95. The summed E-state index contributed by atoms with van der Waals surface area (Å²) in [7, 11) is 1.52. The highest BCUT2D eigenvalue weighted by atomic mass is 32.1. The number of pyridine rings is 2. The first-order valence-electron chi connectivity index (χ1n) is 5.66. The lowest BCUT2D eigenvalue weighted by Crippen LogP contribution is -2.06. The molecule has 0 aliphatic rings. The minimum absolute atomic E-state index is 0.180. The Morgan fingerprint density at radius 1 is 1.32 bits per heavy atom. The van der Waals surface area contributed by atoms with Gasteiger partial charge in [-0.3, -0.25) is 9.78 Å². The number of thiophene rings is 1. The Bertz CT molecular complexity index is 752. The quantitative estimate of drug-likeness (QED) is 0.687. The van der Waals surface area contributed by atoms with E-state index in [-0.39, 0.29) is 5.78 Å². The molecule has 3 aromatic rings. The van der Waals surface area contributed by atoms with E-state index in [2.05, 4.69) is 9.97 Å². The van der Waals surface area contributed by atoms with Gasteiger partial charge in [0.25, 0.3) is 0 Å². The molecule has 0 amide bonds. The molecule has 0 N–H and O–H groups in total. The lowest BCUT2D eigenvalue weighted by atomic mass is 10.1. The Morgan fingerprint density at radius 2 is 2.21 bits per heavy atom. The van der Waals surface area contributed by atoms with Crippen molar-refractivity contribution >= 4 is 27.3 Å². The maximum Gasteiger partial charge on any atom is 0.216 e. The number of carbonyl (C=O) groups excluding carboxylic acids is 1. The largest absolute Gasteiger partial charge is 0.494 e. The first kappa shape index (κ1) is 11.8. The van der Waals surface area contributed by atoms with Crippen molar-refractivity contribution in [1.29, 1.82) is 0 Å². The number of nitrogens with zero attached hydrogens (tertiary/aromatic N) is 2.